The van der Waals surface area contributed by atoms with Gasteiger partial charge >= 0.3 is 0 Å². The van der Waals surface area contributed by atoms with Crippen LogP contribution in [0.2, 0.25) is 0 Å². The number of hydrogen-bond donors (Lipinski definition) is 3. The fraction of sp³-hybridized carbons (Fsp3) is 0.385. The number of hydrogen-bond acceptors (Lipinski definition) is 5. The summed E-state index contributed by atoms with van der Waals surface area (Å²) in [5, 5.41) is 9.33. The number of H-pyrrole nitrogens is 1. The molecule has 1 aromatic carbocycles. The van der Waals surface area contributed by atoms with Gasteiger partial charge in [0.05, 0.1) is 11.4 Å². The number of benzene rings is 1. The Kier molecular flexibility index (Phi) is 4.71. The molecule has 0 radical (unpaired) electrons. The van der Waals surface area contributed by atoms with E-state index in [1.54, 1.807) is 6.07 Å². The number of sulfonamides is 1. The number of rotatable bonds is 6. The van der Waals surface area contributed by atoms with E-state index >= 15 is 0 Å². The third kappa shape index (κ3) is 3.66. The molecule has 8 heteroatoms. The highest BCUT2D eigenvalue weighted by Crippen LogP contribution is 2.21. The third-order valence-corrected chi connectivity index (χ3v) is 4.77. The summed E-state index contributed by atoms with van der Waals surface area (Å²) in [6.45, 7) is 4.41. The van der Waals surface area contributed by atoms with Crippen LogP contribution in [-0.4, -0.2) is 30.6 Å². The van der Waals surface area contributed by atoms with Crippen molar-refractivity contribution < 1.29 is 8.42 Å². The van der Waals surface area contributed by atoms with Gasteiger partial charge in [0.15, 0.2) is 0 Å². The number of aromatic nitrogens is 3. The fourth-order valence-electron chi connectivity index (χ4n) is 2.04. The van der Waals surface area contributed by atoms with Crippen LogP contribution < -0.4 is 10.0 Å². The van der Waals surface area contributed by atoms with Crippen molar-refractivity contribution in [1.29, 1.82) is 0 Å². The van der Waals surface area contributed by atoms with Crippen molar-refractivity contribution in [2.24, 2.45) is 0 Å². The first-order valence-electron chi connectivity index (χ1n) is 6.52. The maximum atomic E-state index is 12.5. The van der Waals surface area contributed by atoms with Crippen LogP contribution in [-0.2, 0) is 23.1 Å². The van der Waals surface area contributed by atoms with Crippen molar-refractivity contribution in [3.8, 4) is 0 Å². The van der Waals surface area contributed by atoms with E-state index in [1.807, 2.05) is 27.0 Å². The monoisotopic (exact) mass is 309 g/mol. The summed E-state index contributed by atoms with van der Waals surface area (Å²) in [5.41, 5.74) is 2.63. The number of aromatic amines is 1. The number of nitrogens with zero attached hydrogens (tertiary/aromatic N) is 2. The molecule has 0 amide bonds. The predicted molar refractivity (Wildman–Crippen MR) is 79.1 cm³/mol. The molecule has 3 N–H and O–H groups in total. The molecular formula is C13H19N5O2S. The Morgan fingerprint density at radius 1 is 1.24 bits per heavy atom. The van der Waals surface area contributed by atoms with Gasteiger partial charge in [0, 0.05) is 6.54 Å². The SMILES string of the molecule is CNCc1cc(C)c(C)c(S(=O)(=O)NCc2ncn[nH]2)c1. The van der Waals surface area contributed by atoms with Gasteiger partial charge in [-0.2, -0.15) is 5.10 Å². The van der Waals surface area contributed by atoms with Gasteiger partial charge in [0.25, 0.3) is 0 Å². The third-order valence-electron chi connectivity index (χ3n) is 3.24. The van der Waals surface area contributed by atoms with E-state index in [1.165, 1.54) is 6.33 Å². The van der Waals surface area contributed by atoms with Crippen molar-refractivity contribution in [1.82, 2.24) is 25.2 Å². The summed E-state index contributed by atoms with van der Waals surface area (Å²) in [4.78, 5) is 4.19. The van der Waals surface area contributed by atoms with E-state index in [2.05, 4.69) is 25.2 Å². The lowest BCUT2D eigenvalue weighted by molar-refractivity contribution is 0.578. The van der Waals surface area contributed by atoms with E-state index in [4.69, 9.17) is 0 Å². The smallest absolute Gasteiger partial charge is 0.241 e. The van der Waals surface area contributed by atoms with E-state index in [-0.39, 0.29) is 6.54 Å². The van der Waals surface area contributed by atoms with Gasteiger partial charge in [0.2, 0.25) is 10.0 Å². The minimum absolute atomic E-state index is 0.0804. The second-order valence-corrected chi connectivity index (χ2v) is 6.56. The largest absolute Gasteiger partial charge is 0.316 e. The summed E-state index contributed by atoms with van der Waals surface area (Å²) >= 11 is 0. The summed E-state index contributed by atoms with van der Waals surface area (Å²) in [6, 6.07) is 3.68. The van der Waals surface area contributed by atoms with Gasteiger partial charge in [-0.05, 0) is 43.7 Å². The first-order chi connectivity index (χ1) is 9.94. The zero-order chi connectivity index (χ0) is 15.5. The maximum absolute atomic E-state index is 12.5. The van der Waals surface area contributed by atoms with Crippen molar-refractivity contribution in [2.75, 3.05) is 7.05 Å². The van der Waals surface area contributed by atoms with Crippen molar-refractivity contribution in [2.45, 2.75) is 31.8 Å². The van der Waals surface area contributed by atoms with Crippen LogP contribution in [0.5, 0.6) is 0 Å². The van der Waals surface area contributed by atoms with Gasteiger partial charge in [-0.25, -0.2) is 18.1 Å². The molecule has 0 aliphatic heterocycles. The summed E-state index contributed by atoms with van der Waals surface area (Å²) < 4.78 is 27.5. The van der Waals surface area contributed by atoms with Gasteiger partial charge in [-0.3, -0.25) is 5.10 Å². The van der Waals surface area contributed by atoms with Crippen molar-refractivity contribution >= 4 is 10.0 Å². The Morgan fingerprint density at radius 3 is 2.62 bits per heavy atom. The molecule has 7 nitrogen and oxygen atoms in total. The molecule has 21 heavy (non-hydrogen) atoms. The Labute approximate surface area is 124 Å². The number of aryl methyl sites for hydroxylation is 1. The average Bonchev–Trinajstić information content (AvgIpc) is 2.94. The molecule has 0 bridgehead atoms. The zero-order valence-corrected chi connectivity index (χ0v) is 13.1. The molecule has 0 fully saturated rings. The Hall–Kier alpha value is -1.77. The van der Waals surface area contributed by atoms with Gasteiger partial charge in [-0.15, -0.1) is 0 Å². The van der Waals surface area contributed by atoms with Crippen molar-refractivity contribution in [3.05, 3.63) is 41.0 Å². The molecule has 0 saturated heterocycles. The highest BCUT2D eigenvalue weighted by Gasteiger charge is 2.19. The first kappa shape index (κ1) is 15.6. The lowest BCUT2D eigenvalue weighted by Gasteiger charge is -2.13. The lowest BCUT2D eigenvalue weighted by Crippen LogP contribution is -2.25. The normalized spacial score (nSPS) is 11.8. The Morgan fingerprint density at radius 2 is 2.00 bits per heavy atom. The molecule has 0 spiro atoms. The molecule has 1 aromatic heterocycles. The van der Waals surface area contributed by atoms with Gasteiger partial charge < -0.3 is 5.32 Å². The average molecular weight is 309 g/mol. The van der Waals surface area contributed by atoms with Crippen LogP contribution >= 0.6 is 0 Å². The molecule has 0 unspecified atom stereocenters. The summed E-state index contributed by atoms with van der Waals surface area (Å²) in [6.07, 6.45) is 1.34. The molecule has 114 valence electrons. The Balaban J connectivity index is 2.30. The summed E-state index contributed by atoms with van der Waals surface area (Å²) in [5.74, 6) is 0.472. The minimum Gasteiger partial charge on any atom is -0.316 e. The highest BCUT2D eigenvalue weighted by molar-refractivity contribution is 7.89. The second kappa shape index (κ2) is 6.33. The van der Waals surface area contributed by atoms with Crippen molar-refractivity contribution in [3.63, 3.8) is 0 Å². The fourth-order valence-corrected chi connectivity index (χ4v) is 3.39. The maximum Gasteiger partial charge on any atom is 0.241 e. The topological polar surface area (TPSA) is 99.8 Å². The molecule has 0 aliphatic rings. The first-order valence-corrected chi connectivity index (χ1v) is 8.01. The van der Waals surface area contributed by atoms with Gasteiger partial charge in [0.1, 0.15) is 12.2 Å². The number of nitrogens with one attached hydrogen (secondary N) is 3. The quantitative estimate of drug-likeness (QED) is 0.726. The molecular weight excluding hydrogens is 290 g/mol. The molecule has 0 aliphatic carbocycles. The molecule has 1 heterocycles. The van der Waals surface area contributed by atoms with Crippen LogP contribution in [0.4, 0.5) is 0 Å². The predicted octanol–water partition coefficient (Wildman–Crippen LogP) is 0.619. The van der Waals surface area contributed by atoms with E-state index in [0.29, 0.717) is 17.3 Å². The van der Waals surface area contributed by atoms with Crippen LogP contribution in [0.3, 0.4) is 0 Å². The van der Waals surface area contributed by atoms with Crippen LogP contribution in [0.1, 0.15) is 22.5 Å². The van der Waals surface area contributed by atoms with Gasteiger partial charge in [-0.1, -0.05) is 6.07 Å². The molecule has 0 saturated carbocycles. The van der Waals surface area contributed by atoms with Crippen LogP contribution in [0.15, 0.2) is 23.4 Å². The Bertz CT molecular complexity index is 710. The standard InChI is InChI=1S/C13H19N5O2S/c1-9-4-11(6-14-3)5-12(10(9)2)21(19,20)17-7-13-15-8-16-18-13/h4-5,8,14,17H,6-7H2,1-3H3,(H,15,16,18). The molecule has 2 aromatic rings. The second-order valence-electron chi connectivity index (χ2n) is 4.82. The zero-order valence-electron chi connectivity index (χ0n) is 12.3. The lowest BCUT2D eigenvalue weighted by atomic mass is 10.1. The molecule has 0 atom stereocenters. The minimum atomic E-state index is -3.60. The van der Waals surface area contributed by atoms with Crippen LogP contribution in [0.25, 0.3) is 0 Å². The highest BCUT2D eigenvalue weighted by atomic mass is 32.2. The van der Waals surface area contributed by atoms with E-state index < -0.39 is 10.0 Å². The van der Waals surface area contributed by atoms with Crippen LogP contribution in [0, 0.1) is 13.8 Å². The molecule has 2 rings (SSSR count). The van der Waals surface area contributed by atoms with E-state index in [9.17, 15) is 8.42 Å². The van der Waals surface area contributed by atoms with E-state index in [0.717, 1.165) is 16.7 Å². The summed E-state index contributed by atoms with van der Waals surface area (Å²) in [7, 11) is -1.77.